The Morgan fingerprint density at radius 1 is 1.06 bits per heavy atom. The zero-order valence-electron chi connectivity index (χ0n) is 25.8. The number of nitrogens with two attached hydrogens (primary N) is 1. The van der Waals surface area contributed by atoms with Crippen molar-refractivity contribution in [1.29, 1.82) is 0 Å². The van der Waals surface area contributed by atoms with Gasteiger partial charge in [-0.3, -0.25) is 19.4 Å². The Bertz CT molecular complexity index is 1910. The Morgan fingerprint density at radius 2 is 1.81 bits per heavy atom. The maximum absolute atomic E-state index is 13.5. The van der Waals surface area contributed by atoms with E-state index in [2.05, 4.69) is 20.2 Å². The average Bonchev–Trinajstić information content (AvgIpc) is 3.35. The molecule has 0 radical (unpaired) electrons. The Morgan fingerprint density at radius 3 is 2.58 bits per heavy atom. The van der Waals surface area contributed by atoms with Crippen molar-refractivity contribution in [2.45, 2.75) is 6.42 Å². The molecule has 12 nitrogen and oxygen atoms in total. The van der Waals surface area contributed by atoms with Gasteiger partial charge in [-0.15, -0.1) is 0 Å². The van der Waals surface area contributed by atoms with E-state index in [0.717, 1.165) is 41.7 Å². The fraction of sp³-hybridized carbons (Fsp3) is 0.235. The number of carboxylic acid groups (broad SMARTS) is 1. The highest BCUT2D eigenvalue weighted by molar-refractivity contribution is 8.26. The van der Waals surface area contributed by atoms with Crippen molar-refractivity contribution in [1.82, 2.24) is 19.8 Å². The zero-order valence-corrected chi connectivity index (χ0v) is 27.4. The van der Waals surface area contributed by atoms with Crippen molar-refractivity contribution in [3.63, 3.8) is 0 Å². The topological polar surface area (TPSA) is 160 Å². The lowest BCUT2D eigenvalue weighted by Gasteiger charge is -2.26. The lowest BCUT2D eigenvalue weighted by Crippen LogP contribution is -2.38. The molecule has 0 spiro atoms. The minimum atomic E-state index is -1.05. The first kappa shape index (κ1) is 33.0. The molecule has 3 aromatic carbocycles. The summed E-state index contributed by atoms with van der Waals surface area (Å²) in [6.45, 7) is 4.39. The SMILES string of the molecule is Nc1ncc2ccc(-c3ccc(OCCN4CCOCC4)c(C=C4SC(=S)N(CCC(=O)Nc5ccc(C(=O)O)cc5)C4=O)c3)cc2n1. The number of anilines is 2. The van der Waals surface area contributed by atoms with E-state index in [9.17, 15) is 14.4 Å². The number of nitrogens with zero attached hydrogens (tertiary/aromatic N) is 4. The molecule has 6 rings (SSSR count). The molecule has 2 aliphatic rings. The fourth-order valence-electron chi connectivity index (χ4n) is 5.27. The third-order valence-corrected chi connectivity index (χ3v) is 9.23. The van der Waals surface area contributed by atoms with E-state index in [-0.39, 0.29) is 36.3 Å². The Hall–Kier alpha value is -4.89. The minimum absolute atomic E-state index is 0.00181. The van der Waals surface area contributed by atoms with Crippen molar-refractivity contribution >= 4 is 74.7 Å². The monoisotopic (exact) mass is 684 g/mol. The third kappa shape index (κ3) is 7.97. The van der Waals surface area contributed by atoms with Crippen LogP contribution in [0.25, 0.3) is 28.1 Å². The summed E-state index contributed by atoms with van der Waals surface area (Å²) in [5, 5.41) is 12.7. The van der Waals surface area contributed by atoms with Gasteiger partial charge < -0.3 is 25.6 Å². The van der Waals surface area contributed by atoms with Gasteiger partial charge in [0, 0.05) is 55.4 Å². The van der Waals surface area contributed by atoms with Gasteiger partial charge in [-0.25, -0.2) is 14.8 Å². The average molecular weight is 685 g/mol. The number of benzene rings is 3. The molecule has 0 saturated carbocycles. The van der Waals surface area contributed by atoms with Crippen LogP contribution in [0, 0.1) is 0 Å². The predicted octanol–water partition coefficient (Wildman–Crippen LogP) is 4.52. The largest absolute Gasteiger partial charge is 0.492 e. The van der Waals surface area contributed by atoms with Gasteiger partial charge in [0.15, 0.2) is 0 Å². The van der Waals surface area contributed by atoms with Crippen LogP contribution in [0.5, 0.6) is 5.75 Å². The molecule has 3 heterocycles. The maximum Gasteiger partial charge on any atom is 0.335 e. The number of thioether (sulfide) groups is 1. The van der Waals surface area contributed by atoms with Crippen molar-refractivity contribution in [2.75, 3.05) is 57.1 Å². The highest BCUT2D eigenvalue weighted by atomic mass is 32.2. The molecule has 2 saturated heterocycles. The first-order chi connectivity index (χ1) is 23.2. The van der Waals surface area contributed by atoms with Crippen molar-refractivity contribution in [3.8, 4) is 16.9 Å². The molecule has 0 bridgehead atoms. The number of nitrogens with one attached hydrogen (secondary N) is 1. The van der Waals surface area contributed by atoms with E-state index in [4.69, 9.17) is 32.5 Å². The van der Waals surface area contributed by atoms with Gasteiger partial charge in [0.2, 0.25) is 11.9 Å². The number of carboxylic acids is 1. The lowest BCUT2D eigenvalue weighted by molar-refractivity contribution is -0.122. The van der Waals surface area contributed by atoms with Crippen molar-refractivity contribution in [2.24, 2.45) is 0 Å². The second kappa shape index (κ2) is 14.9. The van der Waals surface area contributed by atoms with Gasteiger partial charge in [-0.1, -0.05) is 42.2 Å². The van der Waals surface area contributed by atoms with E-state index in [1.807, 2.05) is 36.4 Å². The molecular weight excluding hydrogens is 653 g/mol. The molecule has 246 valence electrons. The van der Waals surface area contributed by atoms with Crippen LogP contribution in [0.15, 0.2) is 71.8 Å². The summed E-state index contributed by atoms with van der Waals surface area (Å²) >= 11 is 6.70. The fourth-order valence-corrected chi connectivity index (χ4v) is 6.57. The predicted molar refractivity (Wildman–Crippen MR) is 189 cm³/mol. The number of nitrogen functional groups attached to an aromatic ring is 1. The number of hydrogen-bond donors (Lipinski definition) is 3. The number of aromatic nitrogens is 2. The molecule has 14 heteroatoms. The standard InChI is InChI=1S/C34H32N6O6S2/c35-33-36-20-24-2-1-23(18-27(24)38-33)22-5-8-28(46-16-13-39-11-14-45-15-12-39)25(17-22)19-29-31(42)40(34(47)48-29)10-9-30(41)37-26-6-3-21(4-7-26)32(43)44/h1-8,17-20H,9-16H2,(H,37,41)(H,43,44)(H2,35,36,38). The van der Waals surface area contributed by atoms with Crippen LogP contribution in [-0.4, -0.2) is 93.0 Å². The number of rotatable bonds is 11. The number of aromatic carboxylic acids is 1. The Balaban J connectivity index is 1.19. The summed E-state index contributed by atoms with van der Waals surface area (Å²) < 4.78 is 12.1. The molecule has 1 aromatic heterocycles. The Labute approximate surface area is 285 Å². The number of ether oxygens (including phenoxy) is 2. The summed E-state index contributed by atoms with van der Waals surface area (Å²) in [4.78, 5) is 49.8. The minimum Gasteiger partial charge on any atom is -0.492 e. The van der Waals surface area contributed by atoms with Crippen LogP contribution in [-0.2, 0) is 14.3 Å². The summed E-state index contributed by atoms with van der Waals surface area (Å²) in [7, 11) is 0. The number of carbonyl (C=O) groups excluding carboxylic acids is 2. The van der Waals surface area contributed by atoms with Gasteiger partial charge in [-0.2, -0.15) is 0 Å². The Kier molecular flexibility index (Phi) is 10.3. The summed E-state index contributed by atoms with van der Waals surface area (Å²) in [5.41, 5.74) is 9.62. The highest BCUT2D eigenvalue weighted by Gasteiger charge is 2.32. The van der Waals surface area contributed by atoms with Gasteiger partial charge in [0.1, 0.15) is 16.7 Å². The van der Waals surface area contributed by atoms with Crippen LogP contribution < -0.4 is 15.8 Å². The lowest BCUT2D eigenvalue weighted by atomic mass is 10.0. The summed E-state index contributed by atoms with van der Waals surface area (Å²) in [5.74, 6) is -0.868. The van der Waals surface area contributed by atoms with Gasteiger partial charge in [-0.05, 0) is 59.7 Å². The number of carbonyl (C=O) groups is 3. The molecule has 0 atom stereocenters. The van der Waals surface area contributed by atoms with E-state index in [1.165, 1.54) is 40.9 Å². The molecule has 2 aliphatic heterocycles. The van der Waals surface area contributed by atoms with Crippen molar-refractivity contribution in [3.05, 3.63) is 82.9 Å². The molecule has 2 fully saturated rings. The first-order valence-electron chi connectivity index (χ1n) is 15.2. The molecule has 4 N–H and O–H groups in total. The summed E-state index contributed by atoms with van der Waals surface area (Å²) in [6.07, 6.45) is 3.46. The molecule has 0 aliphatic carbocycles. The van der Waals surface area contributed by atoms with Gasteiger partial charge in [0.25, 0.3) is 5.91 Å². The van der Waals surface area contributed by atoms with Crippen LogP contribution in [0.4, 0.5) is 11.6 Å². The number of morpholine rings is 1. The molecule has 0 unspecified atom stereocenters. The maximum atomic E-state index is 13.5. The third-order valence-electron chi connectivity index (χ3n) is 7.85. The second-order valence-electron chi connectivity index (χ2n) is 11.1. The second-order valence-corrected chi connectivity index (χ2v) is 12.7. The normalized spacial score (nSPS) is 16.1. The van der Waals surface area contributed by atoms with E-state index in [0.29, 0.717) is 46.0 Å². The van der Waals surface area contributed by atoms with Gasteiger partial charge >= 0.3 is 5.97 Å². The summed E-state index contributed by atoms with van der Waals surface area (Å²) in [6, 6.07) is 17.5. The van der Waals surface area contributed by atoms with E-state index in [1.54, 1.807) is 12.3 Å². The zero-order chi connectivity index (χ0) is 33.6. The van der Waals surface area contributed by atoms with Crippen LogP contribution >= 0.6 is 24.0 Å². The molecule has 4 aromatic rings. The number of hydrogen-bond acceptors (Lipinski definition) is 11. The number of amides is 2. The van der Waals surface area contributed by atoms with E-state index < -0.39 is 5.97 Å². The highest BCUT2D eigenvalue weighted by Crippen LogP contribution is 2.36. The number of thiocarbonyl (C=S) groups is 1. The van der Waals surface area contributed by atoms with Crippen LogP contribution in [0.3, 0.4) is 0 Å². The molecule has 48 heavy (non-hydrogen) atoms. The smallest absolute Gasteiger partial charge is 0.335 e. The van der Waals surface area contributed by atoms with Crippen LogP contribution in [0.2, 0.25) is 0 Å². The molecule has 2 amide bonds. The van der Waals surface area contributed by atoms with Crippen molar-refractivity contribution < 1.29 is 29.0 Å². The quantitative estimate of drug-likeness (QED) is 0.150. The van der Waals surface area contributed by atoms with E-state index >= 15 is 0 Å². The first-order valence-corrected chi connectivity index (χ1v) is 16.4. The van der Waals surface area contributed by atoms with Crippen LogP contribution in [0.1, 0.15) is 22.3 Å². The molecular formula is C34H32N6O6S2. The number of fused-ring (bicyclic) bond motifs is 1. The van der Waals surface area contributed by atoms with Gasteiger partial charge in [0.05, 0.1) is 29.2 Å².